The quantitative estimate of drug-likeness (QED) is 0.0983. The van der Waals surface area contributed by atoms with Gasteiger partial charge in [0.05, 0.1) is 5.69 Å². The molecule has 0 amide bonds. The first-order valence-electron chi connectivity index (χ1n) is 17.7. The van der Waals surface area contributed by atoms with Gasteiger partial charge in [0.2, 0.25) is 0 Å². The molecule has 1 radical (unpaired) electrons. The Morgan fingerprint density at radius 2 is 1.48 bits per heavy atom. The van der Waals surface area contributed by atoms with Crippen LogP contribution in [0.15, 0.2) is 66.7 Å². The van der Waals surface area contributed by atoms with Crippen molar-refractivity contribution < 1.29 is 30.0 Å². The molecule has 4 aromatic rings. The van der Waals surface area contributed by atoms with Crippen LogP contribution in [0.4, 0.5) is 0 Å². The number of benzene rings is 2. The molecule has 1 aliphatic carbocycles. The van der Waals surface area contributed by atoms with E-state index in [0.29, 0.717) is 11.8 Å². The number of fused-ring (bicyclic) bond motifs is 4. The molecule has 5 rings (SSSR count). The van der Waals surface area contributed by atoms with Gasteiger partial charge in [0.15, 0.2) is 5.78 Å². The molecule has 2 aromatic carbocycles. The monoisotopic (exact) mass is 824 g/mol. The van der Waals surface area contributed by atoms with Gasteiger partial charge in [0.25, 0.3) is 0 Å². The first-order valence-corrected chi connectivity index (χ1v) is 17.7. The van der Waals surface area contributed by atoms with Crippen LogP contribution in [0.25, 0.3) is 33.3 Å². The van der Waals surface area contributed by atoms with Crippen LogP contribution in [0, 0.1) is 16.9 Å². The van der Waals surface area contributed by atoms with E-state index in [0.717, 1.165) is 60.9 Å². The second kappa shape index (κ2) is 16.5. The predicted octanol–water partition coefficient (Wildman–Crippen LogP) is 11.8. The summed E-state index contributed by atoms with van der Waals surface area (Å²) in [5.74, 6) is 1.23. The fraction of sp³-hybridized carbons (Fsp3) is 0.465. The van der Waals surface area contributed by atoms with Gasteiger partial charge in [-0.2, -0.15) is 0 Å². The van der Waals surface area contributed by atoms with Crippen LogP contribution >= 0.6 is 0 Å². The minimum Gasteiger partial charge on any atom is -0.512 e. The maximum atomic E-state index is 12.2. The van der Waals surface area contributed by atoms with Crippen LogP contribution in [0.3, 0.4) is 0 Å². The van der Waals surface area contributed by atoms with Crippen molar-refractivity contribution in [1.29, 1.82) is 0 Å². The second-order valence-electron chi connectivity index (χ2n) is 14.4. The Morgan fingerprint density at radius 3 is 2.08 bits per heavy atom. The van der Waals surface area contributed by atoms with Crippen molar-refractivity contribution in [3.8, 4) is 22.5 Å². The number of allylic oxidation sites excluding steroid dienone is 2. The average Bonchev–Trinajstić information content (AvgIpc) is 3.09. The number of nitrogens with zero attached hydrogens (tertiary/aromatic N) is 2. The molecule has 1 aliphatic rings. The van der Waals surface area contributed by atoms with E-state index in [1.54, 1.807) is 0 Å². The smallest absolute Gasteiger partial charge is 0.164 e. The zero-order chi connectivity index (χ0) is 34.5. The predicted molar refractivity (Wildman–Crippen MR) is 198 cm³/mol. The summed E-state index contributed by atoms with van der Waals surface area (Å²) in [5, 5.41) is 12.6. The molecule has 2 aromatic heterocycles. The topological polar surface area (TPSA) is 63.1 Å². The molecule has 0 saturated heterocycles. The van der Waals surface area contributed by atoms with Gasteiger partial charge in [-0.3, -0.25) is 14.8 Å². The third kappa shape index (κ3) is 8.35. The Morgan fingerprint density at radius 1 is 0.854 bits per heavy atom. The van der Waals surface area contributed by atoms with Gasteiger partial charge in [-0.15, -0.1) is 29.1 Å². The van der Waals surface area contributed by atoms with E-state index >= 15 is 0 Å². The number of ketones is 1. The summed E-state index contributed by atoms with van der Waals surface area (Å²) in [6.45, 7) is 21.0. The molecule has 4 nitrogen and oxygen atoms in total. The first kappa shape index (κ1) is 39.3. The number of hydrogen-bond donors (Lipinski definition) is 1. The molecule has 259 valence electrons. The number of hydrogen-bond acceptors (Lipinski definition) is 4. The number of aromatic nitrogens is 2. The molecule has 0 saturated carbocycles. The van der Waals surface area contributed by atoms with E-state index < -0.39 is 0 Å². The van der Waals surface area contributed by atoms with Gasteiger partial charge in [0, 0.05) is 55.1 Å². The van der Waals surface area contributed by atoms with Gasteiger partial charge in [-0.25, -0.2) is 0 Å². The van der Waals surface area contributed by atoms with Gasteiger partial charge < -0.3 is 5.11 Å². The maximum absolute atomic E-state index is 12.2. The fourth-order valence-corrected chi connectivity index (χ4v) is 6.15. The van der Waals surface area contributed by atoms with Crippen LogP contribution in [0.1, 0.15) is 129 Å². The number of rotatable bonds is 10. The molecule has 0 aliphatic heterocycles. The molecule has 0 spiro atoms. The van der Waals surface area contributed by atoms with E-state index in [4.69, 9.17) is 9.97 Å². The average molecular weight is 824 g/mol. The van der Waals surface area contributed by atoms with Crippen LogP contribution < -0.4 is 0 Å². The van der Waals surface area contributed by atoms with Crippen molar-refractivity contribution in [3.63, 3.8) is 0 Å². The van der Waals surface area contributed by atoms with E-state index in [-0.39, 0.29) is 42.5 Å². The van der Waals surface area contributed by atoms with Gasteiger partial charge in [-0.05, 0) is 72.6 Å². The Balaban J connectivity index is 0.000000301. The van der Waals surface area contributed by atoms with Crippen molar-refractivity contribution in [1.82, 2.24) is 9.97 Å². The molecular weight excluding hydrogens is 769 g/mol. The second-order valence-corrected chi connectivity index (χ2v) is 14.4. The van der Waals surface area contributed by atoms with Crippen LogP contribution in [0.2, 0.25) is 0 Å². The summed E-state index contributed by atoms with van der Waals surface area (Å²) in [6.07, 6.45) is 10.9. The normalized spacial score (nSPS) is 13.0. The Labute approximate surface area is 303 Å². The molecular formula is C43H55IrN2O2-. The third-order valence-electron chi connectivity index (χ3n) is 10.9. The third-order valence-corrected chi connectivity index (χ3v) is 10.9. The minimum atomic E-state index is -0.337. The summed E-state index contributed by atoms with van der Waals surface area (Å²) in [6, 6.07) is 19.0. The molecule has 5 heteroatoms. The maximum Gasteiger partial charge on any atom is 0.164 e. The number of pyridine rings is 2. The number of carbonyl (C=O) groups excluding carboxylic acids is 1. The zero-order valence-electron chi connectivity index (χ0n) is 30.8. The number of carbonyl (C=O) groups is 1. The Hall–Kier alpha value is -3.14. The largest absolute Gasteiger partial charge is 0.512 e. The van der Waals surface area contributed by atoms with E-state index in [1.807, 2.05) is 53.9 Å². The summed E-state index contributed by atoms with van der Waals surface area (Å²) < 4.78 is 0. The number of aliphatic hydroxyl groups excluding tert-OH is 1. The Bertz CT molecular complexity index is 1750. The van der Waals surface area contributed by atoms with Crippen molar-refractivity contribution in [2.75, 3.05) is 0 Å². The first-order chi connectivity index (χ1) is 22.3. The molecule has 0 atom stereocenters. The summed E-state index contributed by atoms with van der Waals surface area (Å²) in [5.41, 5.74) is 9.09. The van der Waals surface area contributed by atoms with Crippen molar-refractivity contribution in [3.05, 3.63) is 95.0 Å². The van der Waals surface area contributed by atoms with Crippen LogP contribution in [-0.2, 0) is 37.7 Å². The molecule has 2 heterocycles. The molecule has 48 heavy (non-hydrogen) atoms. The van der Waals surface area contributed by atoms with Crippen molar-refractivity contribution in [2.24, 2.45) is 10.8 Å². The number of aliphatic hydroxyl groups is 1. The molecule has 0 unspecified atom stereocenters. The fourth-order valence-electron chi connectivity index (χ4n) is 6.15. The molecule has 0 fully saturated rings. The van der Waals surface area contributed by atoms with Crippen LogP contribution in [0.5, 0.6) is 0 Å². The standard InChI is InChI=1S/C28H27N2.C15H28O2.Ir/c1-17(2)23-12-20-9-10-21-15-29-27(14-26(21)28(20)30-16-23)22-11-19-7-5-6-8-24(19)25(13-22)18(3)4;1-7-14(5,8-2)12(16)11-13(17)15(6,9-3)10-4;/h5-8,12-18H,9-10H2,1-4H3;11,16H,7-10H2,1-6H3;/q-1;;/b;12-11-;. The molecule has 0 bridgehead atoms. The van der Waals surface area contributed by atoms with Crippen molar-refractivity contribution in [2.45, 2.75) is 120 Å². The van der Waals surface area contributed by atoms with Crippen LogP contribution in [-0.4, -0.2) is 20.9 Å². The SMILES string of the molecule is CC(C)c1cnc2c(c1)CCc1cnc(-c3[c-]c4ccccc4c(C(C)C)c3)cc1-2.CCC(C)(CC)C(=O)/C=C(\O)C(C)(CC)CC.[Ir]. The summed E-state index contributed by atoms with van der Waals surface area (Å²) in [4.78, 5) is 21.9. The minimum absolute atomic E-state index is 0. The molecule has 1 N–H and O–H groups in total. The zero-order valence-corrected chi connectivity index (χ0v) is 33.1. The summed E-state index contributed by atoms with van der Waals surface area (Å²) >= 11 is 0. The van der Waals surface area contributed by atoms with E-state index in [1.165, 1.54) is 39.3 Å². The Kier molecular flexibility index (Phi) is 13.5. The van der Waals surface area contributed by atoms with E-state index in [2.05, 4.69) is 76.2 Å². The summed E-state index contributed by atoms with van der Waals surface area (Å²) in [7, 11) is 0. The number of aryl methyl sites for hydroxylation is 2. The van der Waals surface area contributed by atoms with E-state index in [9.17, 15) is 9.90 Å². The van der Waals surface area contributed by atoms with Gasteiger partial charge in [-0.1, -0.05) is 111 Å². The van der Waals surface area contributed by atoms with Gasteiger partial charge >= 0.3 is 0 Å². The van der Waals surface area contributed by atoms with Crippen molar-refractivity contribution >= 4 is 16.6 Å². The van der Waals surface area contributed by atoms with Gasteiger partial charge in [0.1, 0.15) is 5.76 Å².